The van der Waals surface area contributed by atoms with E-state index in [1.165, 1.54) is 6.07 Å². The lowest BCUT2D eigenvalue weighted by Gasteiger charge is -2.04. The lowest BCUT2D eigenvalue weighted by molar-refractivity contribution is 0.0479. The summed E-state index contributed by atoms with van der Waals surface area (Å²) in [6, 6.07) is 4.92. The van der Waals surface area contributed by atoms with Gasteiger partial charge in [0.2, 0.25) is 0 Å². The summed E-state index contributed by atoms with van der Waals surface area (Å²) in [5.74, 6) is -2.49. The number of hydrogen-bond donors (Lipinski definition) is 1. The molecular formula is C12H9F2NO2S. The molecule has 0 aliphatic heterocycles. The van der Waals surface area contributed by atoms with Gasteiger partial charge in [0.05, 0.1) is 5.69 Å². The van der Waals surface area contributed by atoms with Crippen LogP contribution in [0.25, 0.3) is 0 Å². The Labute approximate surface area is 106 Å². The van der Waals surface area contributed by atoms with Crippen LogP contribution in [0.5, 0.6) is 0 Å². The van der Waals surface area contributed by atoms with E-state index in [0.29, 0.717) is 16.1 Å². The lowest BCUT2D eigenvalue weighted by Crippen LogP contribution is -2.05. The van der Waals surface area contributed by atoms with Crippen LogP contribution in [0.1, 0.15) is 15.2 Å². The molecule has 18 heavy (non-hydrogen) atoms. The second-order valence-electron chi connectivity index (χ2n) is 3.53. The number of nitrogens with two attached hydrogens (primary N) is 1. The summed E-state index contributed by atoms with van der Waals surface area (Å²) in [6.45, 7) is -0.132. The molecule has 0 spiro atoms. The fraction of sp³-hybridized carbons (Fsp3) is 0.0833. The Morgan fingerprint density at radius 1 is 1.28 bits per heavy atom. The van der Waals surface area contributed by atoms with Crippen molar-refractivity contribution in [2.75, 3.05) is 5.73 Å². The minimum atomic E-state index is -0.973. The number of carbonyl (C=O) groups excluding carboxylic acids is 1. The molecular weight excluding hydrogens is 260 g/mol. The van der Waals surface area contributed by atoms with E-state index >= 15 is 0 Å². The van der Waals surface area contributed by atoms with E-state index in [-0.39, 0.29) is 6.61 Å². The van der Waals surface area contributed by atoms with Gasteiger partial charge in [0.25, 0.3) is 0 Å². The Kier molecular flexibility index (Phi) is 3.57. The Balaban J connectivity index is 2.02. The van der Waals surface area contributed by atoms with Crippen molar-refractivity contribution in [1.82, 2.24) is 0 Å². The third-order valence-electron chi connectivity index (χ3n) is 2.24. The number of thiophene rings is 1. The fourth-order valence-electron chi connectivity index (χ4n) is 1.33. The normalized spacial score (nSPS) is 10.3. The summed E-state index contributed by atoms with van der Waals surface area (Å²) in [4.78, 5) is 11.9. The van der Waals surface area contributed by atoms with Crippen LogP contribution < -0.4 is 5.73 Å². The van der Waals surface area contributed by atoms with Crippen molar-refractivity contribution in [1.29, 1.82) is 0 Å². The highest BCUT2D eigenvalue weighted by molar-refractivity contribution is 7.12. The van der Waals surface area contributed by atoms with Crippen molar-refractivity contribution >= 4 is 23.0 Å². The first-order valence-corrected chi connectivity index (χ1v) is 5.90. The molecule has 0 aliphatic carbocycles. The fourth-order valence-corrected chi connectivity index (χ4v) is 2.04. The highest BCUT2D eigenvalue weighted by atomic mass is 32.1. The summed E-state index contributed by atoms with van der Waals surface area (Å²) < 4.78 is 30.5. The number of hydrogen-bond acceptors (Lipinski definition) is 4. The smallest absolute Gasteiger partial charge is 0.350 e. The van der Waals surface area contributed by atoms with Crippen molar-refractivity contribution in [3.05, 3.63) is 51.7 Å². The molecule has 94 valence electrons. The molecule has 3 nitrogen and oxygen atoms in total. The molecule has 1 aromatic heterocycles. The molecule has 0 bridgehead atoms. The molecule has 2 aromatic rings. The van der Waals surface area contributed by atoms with Crippen LogP contribution in [-0.2, 0) is 11.3 Å². The van der Waals surface area contributed by atoms with E-state index in [0.717, 1.165) is 23.5 Å². The average Bonchev–Trinajstić information content (AvgIpc) is 2.77. The lowest BCUT2D eigenvalue weighted by atomic mass is 10.2. The van der Waals surface area contributed by atoms with Crippen LogP contribution in [-0.4, -0.2) is 5.97 Å². The van der Waals surface area contributed by atoms with Gasteiger partial charge in [-0.3, -0.25) is 0 Å². The highest BCUT2D eigenvalue weighted by Gasteiger charge is 2.13. The van der Waals surface area contributed by atoms with Crippen LogP contribution in [0.15, 0.2) is 29.6 Å². The topological polar surface area (TPSA) is 52.3 Å². The van der Waals surface area contributed by atoms with E-state index in [2.05, 4.69) is 0 Å². The van der Waals surface area contributed by atoms with Crippen LogP contribution >= 0.6 is 11.3 Å². The summed E-state index contributed by atoms with van der Waals surface area (Å²) >= 11 is 1.16. The van der Waals surface area contributed by atoms with Gasteiger partial charge in [0, 0.05) is 0 Å². The molecule has 0 fully saturated rings. The number of halogens is 2. The molecule has 2 N–H and O–H groups in total. The van der Waals surface area contributed by atoms with Gasteiger partial charge in [-0.05, 0) is 29.1 Å². The first-order chi connectivity index (χ1) is 8.58. The van der Waals surface area contributed by atoms with E-state index in [1.54, 1.807) is 11.4 Å². The van der Waals surface area contributed by atoms with Crippen molar-refractivity contribution in [3.8, 4) is 0 Å². The largest absolute Gasteiger partial charge is 0.457 e. The quantitative estimate of drug-likeness (QED) is 0.871. The highest BCUT2D eigenvalue weighted by Crippen LogP contribution is 2.20. The third-order valence-corrected chi connectivity index (χ3v) is 3.15. The SMILES string of the molecule is Nc1ccsc1C(=O)OCc1ccc(F)c(F)c1. The number of ether oxygens (including phenoxy) is 1. The molecule has 0 atom stereocenters. The standard InChI is InChI=1S/C12H9F2NO2S/c13-8-2-1-7(5-9(8)14)6-17-12(16)11-10(15)3-4-18-11/h1-5H,6,15H2. The first kappa shape index (κ1) is 12.5. The number of esters is 1. The zero-order valence-electron chi connectivity index (χ0n) is 9.15. The Hall–Kier alpha value is -1.95. The molecule has 1 aromatic carbocycles. The van der Waals surface area contributed by atoms with Gasteiger partial charge >= 0.3 is 5.97 Å². The van der Waals surface area contributed by atoms with Gasteiger partial charge in [0.15, 0.2) is 11.6 Å². The second-order valence-corrected chi connectivity index (χ2v) is 4.45. The van der Waals surface area contributed by atoms with Crippen molar-refractivity contribution in [3.63, 3.8) is 0 Å². The molecule has 1 heterocycles. The Bertz CT molecular complexity index is 583. The second kappa shape index (κ2) is 5.14. The van der Waals surface area contributed by atoms with Gasteiger partial charge in [-0.15, -0.1) is 11.3 Å². The molecule has 0 amide bonds. The van der Waals surface area contributed by atoms with Gasteiger partial charge in [0.1, 0.15) is 11.5 Å². The van der Waals surface area contributed by atoms with Gasteiger partial charge in [-0.1, -0.05) is 6.07 Å². The predicted octanol–water partition coefficient (Wildman–Crippen LogP) is 2.97. The summed E-state index contributed by atoms with van der Waals surface area (Å²) in [7, 11) is 0. The summed E-state index contributed by atoms with van der Waals surface area (Å²) in [6.07, 6.45) is 0. The molecule has 0 aliphatic rings. The van der Waals surface area contributed by atoms with Crippen molar-refractivity contribution in [2.45, 2.75) is 6.61 Å². The van der Waals surface area contributed by atoms with Crippen LogP contribution in [0.4, 0.5) is 14.5 Å². The zero-order chi connectivity index (χ0) is 13.1. The number of benzene rings is 1. The molecule has 0 saturated carbocycles. The maximum absolute atomic E-state index is 12.9. The van der Waals surface area contributed by atoms with Crippen LogP contribution in [0.2, 0.25) is 0 Å². The van der Waals surface area contributed by atoms with Crippen LogP contribution in [0.3, 0.4) is 0 Å². The van der Waals surface area contributed by atoms with Crippen molar-refractivity contribution < 1.29 is 18.3 Å². The van der Waals surface area contributed by atoms with Crippen LogP contribution in [0, 0.1) is 11.6 Å². The molecule has 0 saturated heterocycles. The summed E-state index contributed by atoms with van der Waals surface area (Å²) in [5, 5.41) is 1.67. The van der Waals surface area contributed by atoms with Crippen molar-refractivity contribution in [2.24, 2.45) is 0 Å². The third kappa shape index (κ3) is 2.65. The molecule has 6 heteroatoms. The van der Waals surface area contributed by atoms with Gasteiger partial charge in [-0.2, -0.15) is 0 Å². The molecule has 2 rings (SSSR count). The predicted molar refractivity (Wildman–Crippen MR) is 64.2 cm³/mol. The van der Waals surface area contributed by atoms with E-state index in [1.807, 2.05) is 0 Å². The van der Waals surface area contributed by atoms with Gasteiger partial charge in [-0.25, -0.2) is 13.6 Å². The minimum absolute atomic E-state index is 0.132. The number of anilines is 1. The maximum Gasteiger partial charge on any atom is 0.350 e. The number of carbonyl (C=O) groups is 1. The monoisotopic (exact) mass is 269 g/mol. The first-order valence-electron chi connectivity index (χ1n) is 5.02. The average molecular weight is 269 g/mol. The number of rotatable bonds is 3. The summed E-state index contributed by atoms with van der Waals surface area (Å²) in [5.41, 5.74) is 6.27. The van der Waals surface area contributed by atoms with Gasteiger partial charge < -0.3 is 10.5 Å². The maximum atomic E-state index is 12.9. The van der Waals surface area contributed by atoms with E-state index in [9.17, 15) is 13.6 Å². The van der Waals surface area contributed by atoms with E-state index in [4.69, 9.17) is 10.5 Å². The molecule has 0 radical (unpaired) electrons. The Morgan fingerprint density at radius 3 is 2.67 bits per heavy atom. The molecule has 0 unspecified atom stereocenters. The zero-order valence-corrected chi connectivity index (χ0v) is 9.97. The minimum Gasteiger partial charge on any atom is -0.457 e. The van der Waals surface area contributed by atoms with E-state index < -0.39 is 17.6 Å². The number of nitrogen functional groups attached to an aromatic ring is 1. The Morgan fingerprint density at radius 2 is 2.06 bits per heavy atom.